The minimum Gasteiger partial charge on any atom is -0.345 e. The number of hydrogen-bond donors (Lipinski definition) is 1. The van der Waals surface area contributed by atoms with Gasteiger partial charge in [0, 0.05) is 5.41 Å². The molecule has 2 heteroatoms. The summed E-state index contributed by atoms with van der Waals surface area (Å²) >= 11 is 0. The van der Waals surface area contributed by atoms with Gasteiger partial charge in [-0.2, -0.15) is 0 Å². The molecule has 0 spiro atoms. The summed E-state index contributed by atoms with van der Waals surface area (Å²) in [4.78, 5) is 11.5. The number of amides is 1. The Kier molecular flexibility index (Phi) is 2.75. The van der Waals surface area contributed by atoms with E-state index in [4.69, 9.17) is 0 Å². The molecule has 0 atom stereocenters. The zero-order valence-corrected chi connectivity index (χ0v) is 7.74. The van der Waals surface area contributed by atoms with Crippen LogP contribution in [0.3, 0.4) is 0 Å². The highest BCUT2D eigenvalue weighted by Gasteiger charge is 2.47. The molecule has 0 heterocycles. The molecule has 1 N–H and O–H groups in total. The van der Waals surface area contributed by atoms with Crippen LogP contribution in [-0.2, 0) is 4.79 Å². The molecule has 1 saturated carbocycles. The number of hydrogen-bond acceptors (Lipinski definition) is 1. The molecule has 0 aromatic rings. The van der Waals surface area contributed by atoms with Gasteiger partial charge < -0.3 is 5.32 Å². The predicted molar refractivity (Wildman–Crippen MR) is 48.4 cm³/mol. The quantitative estimate of drug-likeness (QED) is 0.628. The zero-order valence-electron chi connectivity index (χ0n) is 7.74. The fourth-order valence-electron chi connectivity index (χ4n) is 1.29. The fraction of sp³-hybridized carbons (Fsp3) is 0.700. The molecule has 0 saturated heterocycles. The van der Waals surface area contributed by atoms with Crippen LogP contribution in [0.4, 0.5) is 0 Å². The second-order valence-corrected chi connectivity index (χ2v) is 3.24. The van der Waals surface area contributed by atoms with Gasteiger partial charge in [-0.15, -0.1) is 5.92 Å². The zero-order chi connectivity index (χ0) is 9.03. The first kappa shape index (κ1) is 9.12. The second kappa shape index (κ2) is 3.62. The van der Waals surface area contributed by atoms with Gasteiger partial charge in [0.2, 0.25) is 5.91 Å². The largest absolute Gasteiger partial charge is 0.345 e. The van der Waals surface area contributed by atoms with E-state index in [2.05, 4.69) is 24.1 Å². The SMILES string of the molecule is CC#CCNC(=O)C1(CC)CC1. The summed E-state index contributed by atoms with van der Waals surface area (Å²) in [7, 11) is 0. The topological polar surface area (TPSA) is 29.1 Å². The van der Waals surface area contributed by atoms with Gasteiger partial charge in [0.25, 0.3) is 0 Å². The summed E-state index contributed by atoms with van der Waals surface area (Å²) < 4.78 is 0. The molecule has 0 unspecified atom stereocenters. The molecule has 0 aliphatic heterocycles. The van der Waals surface area contributed by atoms with Crippen LogP contribution < -0.4 is 5.32 Å². The van der Waals surface area contributed by atoms with Crippen molar-refractivity contribution >= 4 is 5.91 Å². The van der Waals surface area contributed by atoms with Gasteiger partial charge in [-0.25, -0.2) is 0 Å². The summed E-state index contributed by atoms with van der Waals surface area (Å²) in [6, 6.07) is 0. The van der Waals surface area contributed by atoms with Gasteiger partial charge in [0.15, 0.2) is 0 Å². The maximum absolute atomic E-state index is 11.5. The lowest BCUT2D eigenvalue weighted by Crippen LogP contribution is -2.31. The Labute approximate surface area is 73.7 Å². The minimum absolute atomic E-state index is 0.0184. The van der Waals surface area contributed by atoms with Crippen LogP contribution in [0.5, 0.6) is 0 Å². The summed E-state index contributed by atoms with van der Waals surface area (Å²) in [5, 5.41) is 2.82. The van der Waals surface area contributed by atoms with Crippen molar-refractivity contribution < 1.29 is 4.79 Å². The van der Waals surface area contributed by atoms with Crippen LogP contribution in [0, 0.1) is 17.3 Å². The van der Waals surface area contributed by atoms with E-state index in [0.29, 0.717) is 6.54 Å². The molecular formula is C10H15NO. The van der Waals surface area contributed by atoms with Crippen LogP contribution in [0.1, 0.15) is 33.1 Å². The molecule has 0 bridgehead atoms. The third-order valence-corrected chi connectivity index (χ3v) is 2.53. The van der Waals surface area contributed by atoms with E-state index in [1.165, 1.54) is 0 Å². The highest BCUT2D eigenvalue weighted by Crippen LogP contribution is 2.48. The Bertz CT molecular complexity index is 230. The second-order valence-electron chi connectivity index (χ2n) is 3.24. The summed E-state index contributed by atoms with van der Waals surface area (Å²) in [5.74, 6) is 5.76. The number of carbonyl (C=O) groups excluding carboxylic acids is 1. The molecule has 0 radical (unpaired) electrons. The summed E-state index contributed by atoms with van der Waals surface area (Å²) in [6.45, 7) is 4.34. The summed E-state index contributed by atoms with van der Waals surface area (Å²) in [5.41, 5.74) is -0.0184. The van der Waals surface area contributed by atoms with Crippen LogP contribution in [0.2, 0.25) is 0 Å². The highest BCUT2D eigenvalue weighted by molar-refractivity contribution is 5.85. The molecule has 0 aromatic heterocycles. The highest BCUT2D eigenvalue weighted by atomic mass is 16.2. The third-order valence-electron chi connectivity index (χ3n) is 2.53. The lowest BCUT2D eigenvalue weighted by atomic mass is 10.0. The van der Waals surface area contributed by atoms with E-state index < -0.39 is 0 Å². The predicted octanol–water partition coefficient (Wildman–Crippen LogP) is 1.32. The maximum atomic E-state index is 11.5. The Morgan fingerprint density at radius 1 is 1.58 bits per heavy atom. The van der Waals surface area contributed by atoms with Crippen molar-refractivity contribution in [1.82, 2.24) is 5.32 Å². The van der Waals surface area contributed by atoms with E-state index in [1.54, 1.807) is 6.92 Å². The fourth-order valence-corrected chi connectivity index (χ4v) is 1.29. The van der Waals surface area contributed by atoms with Crippen molar-refractivity contribution in [3.63, 3.8) is 0 Å². The van der Waals surface area contributed by atoms with Gasteiger partial charge in [0.1, 0.15) is 0 Å². The number of rotatable bonds is 3. The monoisotopic (exact) mass is 165 g/mol. The van der Waals surface area contributed by atoms with Crippen LogP contribution in [0.25, 0.3) is 0 Å². The summed E-state index contributed by atoms with van der Waals surface area (Å²) in [6.07, 6.45) is 3.06. The Hall–Kier alpha value is -0.970. The van der Waals surface area contributed by atoms with Crippen LogP contribution in [-0.4, -0.2) is 12.5 Å². The van der Waals surface area contributed by atoms with Gasteiger partial charge >= 0.3 is 0 Å². The minimum atomic E-state index is -0.0184. The molecule has 1 amide bonds. The van der Waals surface area contributed by atoms with E-state index in [0.717, 1.165) is 19.3 Å². The van der Waals surface area contributed by atoms with E-state index >= 15 is 0 Å². The van der Waals surface area contributed by atoms with Crippen molar-refractivity contribution in [1.29, 1.82) is 0 Å². The van der Waals surface area contributed by atoms with Gasteiger partial charge in [-0.05, 0) is 26.2 Å². The lowest BCUT2D eigenvalue weighted by molar-refractivity contribution is -0.126. The first-order valence-electron chi connectivity index (χ1n) is 4.43. The van der Waals surface area contributed by atoms with Crippen molar-refractivity contribution in [2.75, 3.05) is 6.54 Å². The lowest BCUT2D eigenvalue weighted by Gasteiger charge is -2.10. The van der Waals surface area contributed by atoms with Crippen LogP contribution in [0.15, 0.2) is 0 Å². The average molecular weight is 165 g/mol. The van der Waals surface area contributed by atoms with Crippen molar-refractivity contribution in [2.45, 2.75) is 33.1 Å². The first-order chi connectivity index (χ1) is 5.75. The van der Waals surface area contributed by atoms with Crippen molar-refractivity contribution in [3.05, 3.63) is 0 Å². The smallest absolute Gasteiger partial charge is 0.226 e. The van der Waals surface area contributed by atoms with Gasteiger partial charge in [-0.3, -0.25) is 4.79 Å². The number of nitrogens with one attached hydrogen (secondary N) is 1. The number of carbonyl (C=O) groups is 1. The Morgan fingerprint density at radius 3 is 2.67 bits per heavy atom. The normalized spacial score (nSPS) is 17.5. The third kappa shape index (κ3) is 1.79. The molecule has 1 aliphatic carbocycles. The maximum Gasteiger partial charge on any atom is 0.226 e. The van der Waals surface area contributed by atoms with E-state index in [-0.39, 0.29) is 11.3 Å². The molecular weight excluding hydrogens is 150 g/mol. The molecule has 1 fully saturated rings. The molecule has 1 rings (SSSR count). The van der Waals surface area contributed by atoms with Crippen molar-refractivity contribution in [3.8, 4) is 11.8 Å². The van der Waals surface area contributed by atoms with E-state index in [1.807, 2.05) is 0 Å². The van der Waals surface area contributed by atoms with Gasteiger partial charge in [0.05, 0.1) is 6.54 Å². The molecule has 2 nitrogen and oxygen atoms in total. The Morgan fingerprint density at radius 2 is 2.25 bits per heavy atom. The molecule has 66 valence electrons. The standard InChI is InChI=1S/C10H15NO/c1-3-5-8-11-9(12)10(4-2)6-7-10/h4,6-8H2,1-2H3,(H,11,12). The van der Waals surface area contributed by atoms with Crippen LogP contribution >= 0.6 is 0 Å². The van der Waals surface area contributed by atoms with E-state index in [9.17, 15) is 4.79 Å². The molecule has 12 heavy (non-hydrogen) atoms. The Balaban J connectivity index is 2.32. The average Bonchev–Trinajstić information content (AvgIpc) is 2.85. The molecule has 0 aromatic carbocycles. The first-order valence-corrected chi connectivity index (χ1v) is 4.43. The van der Waals surface area contributed by atoms with Gasteiger partial charge in [-0.1, -0.05) is 12.8 Å². The van der Waals surface area contributed by atoms with Crippen molar-refractivity contribution in [2.24, 2.45) is 5.41 Å². The molecule has 1 aliphatic rings.